The van der Waals surface area contributed by atoms with Gasteiger partial charge in [0.15, 0.2) is 0 Å². The summed E-state index contributed by atoms with van der Waals surface area (Å²) in [6.07, 6.45) is 1.85. The summed E-state index contributed by atoms with van der Waals surface area (Å²) < 4.78 is 5.77. The van der Waals surface area contributed by atoms with Gasteiger partial charge in [0.2, 0.25) is 5.90 Å². The molecule has 0 spiro atoms. The SMILES string of the molecule is C/C=C(/Br)C(=N)OC(C)C. The van der Waals surface area contributed by atoms with Gasteiger partial charge in [-0.1, -0.05) is 6.08 Å². The second kappa shape index (κ2) is 4.50. The maximum atomic E-state index is 7.29. The van der Waals surface area contributed by atoms with Gasteiger partial charge in [0.25, 0.3) is 0 Å². The predicted octanol–water partition coefficient (Wildman–Crippen LogP) is 2.69. The van der Waals surface area contributed by atoms with Crippen molar-refractivity contribution in [1.82, 2.24) is 0 Å². The fourth-order valence-electron chi connectivity index (χ4n) is 0.423. The molecule has 0 saturated carbocycles. The lowest BCUT2D eigenvalue weighted by Crippen LogP contribution is -2.09. The molecule has 2 nitrogen and oxygen atoms in total. The molecule has 0 aromatic heterocycles. The van der Waals surface area contributed by atoms with E-state index in [1.54, 1.807) is 6.08 Å². The van der Waals surface area contributed by atoms with Gasteiger partial charge in [-0.2, -0.15) is 0 Å². The molecule has 0 radical (unpaired) electrons. The average Bonchev–Trinajstić information content (AvgIpc) is 1.85. The quantitative estimate of drug-likeness (QED) is 0.546. The first-order valence-electron chi connectivity index (χ1n) is 3.15. The minimum Gasteiger partial charge on any atom is -0.475 e. The van der Waals surface area contributed by atoms with Crippen molar-refractivity contribution in [2.24, 2.45) is 0 Å². The van der Waals surface area contributed by atoms with Crippen LogP contribution in [0.2, 0.25) is 0 Å². The highest BCUT2D eigenvalue weighted by Crippen LogP contribution is 2.08. The van der Waals surface area contributed by atoms with Crippen molar-refractivity contribution in [3.63, 3.8) is 0 Å². The van der Waals surface area contributed by atoms with E-state index in [1.165, 1.54) is 0 Å². The van der Waals surface area contributed by atoms with Crippen molar-refractivity contribution in [3.05, 3.63) is 10.6 Å². The molecule has 0 amide bonds. The van der Waals surface area contributed by atoms with Crippen LogP contribution in [0.1, 0.15) is 20.8 Å². The lowest BCUT2D eigenvalue weighted by Gasteiger charge is -2.08. The molecule has 3 heteroatoms. The van der Waals surface area contributed by atoms with E-state index in [-0.39, 0.29) is 12.0 Å². The second-order valence-corrected chi connectivity index (χ2v) is 2.99. The molecule has 0 aromatic carbocycles. The Kier molecular flexibility index (Phi) is 4.36. The Hall–Kier alpha value is -0.310. The molecule has 0 saturated heterocycles. The van der Waals surface area contributed by atoms with E-state index in [2.05, 4.69) is 15.9 Å². The van der Waals surface area contributed by atoms with Crippen LogP contribution in [0, 0.1) is 5.41 Å². The Morgan fingerprint density at radius 3 is 2.40 bits per heavy atom. The molecule has 0 unspecified atom stereocenters. The summed E-state index contributed by atoms with van der Waals surface area (Å²) in [4.78, 5) is 0. The summed E-state index contributed by atoms with van der Waals surface area (Å²) in [5.41, 5.74) is 0. The van der Waals surface area contributed by atoms with E-state index in [9.17, 15) is 0 Å². The first-order chi connectivity index (χ1) is 4.57. The van der Waals surface area contributed by atoms with Crippen LogP contribution in [0.15, 0.2) is 10.6 Å². The van der Waals surface area contributed by atoms with Crippen molar-refractivity contribution in [2.75, 3.05) is 0 Å². The molecule has 0 aliphatic heterocycles. The van der Waals surface area contributed by atoms with Gasteiger partial charge >= 0.3 is 0 Å². The number of hydrogen-bond acceptors (Lipinski definition) is 2. The molecule has 0 aliphatic rings. The molecule has 0 aromatic rings. The van der Waals surface area contributed by atoms with Gasteiger partial charge in [-0.05, 0) is 36.7 Å². The predicted molar refractivity (Wildman–Crippen MR) is 46.6 cm³/mol. The number of halogens is 1. The highest BCUT2D eigenvalue weighted by Gasteiger charge is 2.02. The van der Waals surface area contributed by atoms with Crippen LogP contribution in [0.4, 0.5) is 0 Å². The molecule has 0 atom stereocenters. The summed E-state index contributed by atoms with van der Waals surface area (Å²) in [6, 6.07) is 0. The van der Waals surface area contributed by atoms with Crippen molar-refractivity contribution < 1.29 is 4.74 Å². The van der Waals surface area contributed by atoms with Gasteiger partial charge < -0.3 is 4.74 Å². The van der Waals surface area contributed by atoms with Crippen molar-refractivity contribution in [2.45, 2.75) is 26.9 Å². The summed E-state index contributed by atoms with van der Waals surface area (Å²) in [7, 11) is 0. The number of nitrogens with one attached hydrogen (secondary N) is 1. The smallest absolute Gasteiger partial charge is 0.220 e. The van der Waals surface area contributed by atoms with Crippen LogP contribution < -0.4 is 0 Å². The Balaban J connectivity index is 3.86. The van der Waals surface area contributed by atoms with Crippen molar-refractivity contribution in [3.8, 4) is 0 Å². The lowest BCUT2D eigenvalue weighted by atomic mass is 10.4. The number of ether oxygens (including phenoxy) is 1. The molecule has 0 fully saturated rings. The summed E-state index contributed by atoms with van der Waals surface area (Å²) >= 11 is 3.18. The number of allylic oxidation sites excluding steroid dienone is 1. The van der Waals surface area contributed by atoms with Gasteiger partial charge in [0.05, 0.1) is 10.6 Å². The topological polar surface area (TPSA) is 33.1 Å². The van der Waals surface area contributed by atoms with E-state index in [0.717, 1.165) is 0 Å². The fraction of sp³-hybridized carbons (Fsp3) is 0.571. The molecule has 1 N–H and O–H groups in total. The van der Waals surface area contributed by atoms with Gasteiger partial charge in [-0.3, -0.25) is 5.41 Å². The van der Waals surface area contributed by atoms with Gasteiger partial charge in [0.1, 0.15) is 0 Å². The zero-order valence-electron chi connectivity index (χ0n) is 6.44. The van der Waals surface area contributed by atoms with E-state index in [4.69, 9.17) is 10.1 Å². The Bertz CT molecular complexity index is 152. The van der Waals surface area contributed by atoms with Crippen LogP contribution in [-0.4, -0.2) is 12.0 Å². The third kappa shape index (κ3) is 3.67. The summed E-state index contributed by atoms with van der Waals surface area (Å²) in [5, 5.41) is 7.29. The van der Waals surface area contributed by atoms with Crippen LogP contribution in [0.5, 0.6) is 0 Å². The highest BCUT2D eigenvalue weighted by atomic mass is 79.9. The molecule has 0 bridgehead atoms. The number of rotatable bonds is 2. The molecule has 0 rings (SSSR count). The number of hydrogen-bond donors (Lipinski definition) is 1. The third-order valence-electron chi connectivity index (χ3n) is 0.824. The Morgan fingerprint density at radius 1 is 1.60 bits per heavy atom. The highest BCUT2D eigenvalue weighted by molar-refractivity contribution is 9.12. The fourth-order valence-corrected chi connectivity index (χ4v) is 0.517. The summed E-state index contributed by atoms with van der Waals surface area (Å²) in [5.74, 6) is 0.192. The van der Waals surface area contributed by atoms with Crippen LogP contribution in [-0.2, 0) is 4.74 Å². The lowest BCUT2D eigenvalue weighted by molar-refractivity contribution is 0.228. The maximum Gasteiger partial charge on any atom is 0.220 e. The third-order valence-corrected chi connectivity index (χ3v) is 1.64. The monoisotopic (exact) mass is 205 g/mol. The van der Waals surface area contributed by atoms with E-state index in [0.29, 0.717) is 4.48 Å². The Morgan fingerprint density at radius 2 is 2.10 bits per heavy atom. The summed E-state index contributed by atoms with van der Waals surface area (Å²) in [6.45, 7) is 5.64. The molecular formula is C7H12BrNO. The average molecular weight is 206 g/mol. The molecule has 10 heavy (non-hydrogen) atoms. The zero-order chi connectivity index (χ0) is 8.15. The van der Waals surface area contributed by atoms with Gasteiger partial charge in [-0.25, -0.2) is 0 Å². The second-order valence-electron chi connectivity index (χ2n) is 2.13. The first-order valence-corrected chi connectivity index (χ1v) is 3.94. The van der Waals surface area contributed by atoms with Crippen molar-refractivity contribution in [1.29, 1.82) is 5.41 Å². The van der Waals surface area contributed by atoms with E-state index >= 15 is 0 Å². The molecular weight excluding hydrogens is 194 g/mol. The van der Waals surface area contributed by atoms with E-state index < -0.39 is 0 Å². The minimum atomic E-state index is 0.0694. The van der Waals surface area contributed by atoms with E-state index in [1.807, 2.05) is 20.8 Å². The maximum absolute atomic E-state index is 7.29. The first kappa shape index (κ1) is 9.69. The van der Waals surface area contributed by atoms with Crippen molar-refractivity contribution >= 4 is 21.8 Å². The van der Waals surface area contributed by atoms with Crippen LogP contribution >= 0.6 is 15.9 Å². The minimum absolute atomic E-state index is 0.0694. The normalized spacial score (nSPS) is 11.9. The zero-order valence-corrected chi connectivity index (χ0v) is 8.03. The molecule has 58 valence electrons. The van der Waals surface area contributed by atoms with Crippen LogP contribution in [0.25, 0.3) is 0 Å². The largest absolute Gasteiger partial charge is 0.475 e. The molecule has 0 heterocycles. The van der Waals surface area contributed by atoms with Crippen LogP contribution in [0.3, 0.4) is 0 Å². The standard InChI is InChI=1S/C7H12BrNO/c1-4-6(8)7(9)10-5(2)3/h4-5,9H,1-3H3/b6-4+,9-7?. The van der Waals surface area contributed by atoms with Gasteiger partial charge in [0, 0.05) is 0 Å². The molecule has 0 aliphatic carbocycles. The van der Waals surface area contributed by atoms with Gasteiger partial charge in [-0.15, -0.1) is 0 Å². The Labute approximate surface area is 69.9 Å².